The molecule has 0 aliphatic carbocycles. The van der Waals surface area contributed by atoms with E-state index in [2.05, 4.69) is 15.4 Å². The van der Waals surface area contributed by atoms with E-state index in [1.54, 1.807) is 24.0 Å². The minimum absolute atomic E-state index is 0.00574. The first-order valence-corrected chi connectivity index (χ1v) is 4.51. The second kappa shape index (κ2) is 3.70. The molecule has 0 amide bonds. The third kappa shape index (κ3) is 1.82. The Morgan fingerprint density at radius 3 is 2.87 bits per heavy atom. The number of aliphatic hydroxyl groups is 1. The maximum atomic E-state index is 8.78. The van der Waals surface area contributed by atoms with Gasteiger partial charge in [0.15, 0.2) is 0 Å². The molecule has 0 radical (unpaired) electrons. The highest BCUT2D eigenvalue weighted by atomic mass is 16.3. The summed E-state index contributed by atoms with van der Waals surface area (Å²) < 4.78 is 3.13. The summed E-state index contributed by atoms with van der Waals surface area (Å²) >= 11 is 0. The van der Waals surface area contributed by atoms with Gasteiger partial charge in [0.25, 0.3) is 0 Å². The van der Waals surface area contributed by atoms with E-state index >= 15 is 0 Å². The van der Waals surface area contributed by atoms with Crippen molar-refractivity contribution in [3.05, 3.63) is 12.3 Å². The van der Waals surface area contributed by atoms with Crippen molar-refractivity contribution >= 4 is 5.82 Å². The van der Waals surface area contributed by atoms with E-state index in [9.17, 15) is 0 Å². The molecule has 0 bridgehead atoms. The van der Waals surface area contributed by atoms with E-state index in [-0.39, 0.29) is 6.61 Å². The van der Waals surface area contributed by atoms with Crippen LogP contribution in [-0.2, 0) is 13.6 Å². The number of nitrogen functional groups attached to an aromatic ring is 1. The average Bonchev–Trinajstić information content (AvgIpc) is 2.75. The van der Waals surface area contributed by atoms with Crippen molar-refractivity contribution in [2.24, 2.45) is 7.05 Å². The molecule has 7 nitrogen and oxygen atoms in total. The number of rotatable bonds is 3. The van der Waals surface area contributed by atoms with Crippen LogP contribution in [0.25, 0.3) is 11.4 Å². The summed E-state index contributed by atoms with van der Waals surface area (Å²) in [4.78, 5) is 0. The highest BCUT2D eigenvalue weighted by molar-refractivity contribution is 5.56. The number of anilines is 1. The number of aliphatic hydroxyl groups excluding tert-OH is 1. The molecule has 0 atom stereocenters. The molecule has 2 heterocycles. The Morgan fingerprint density at radius 2 is 2.27 bits per heavy atom. The van der Waals surface area contributed by atoms with Gasteiger partial charge in [-0.1, -0.05) is 5.21 Å². The lowest BCUT2D eigenvalue weighted by molar-refractivity contribution is 0.270. The predicted molar refractivity (Wildman–Crippen MR) is 53.7 cm³/mol. The summed E-state index contributed by atoms with van der Waals surface area (Å²) in [6.45, 7) is 0.387. The molecule has 0 saturated heterocycles. The quantitative estimate of drug-likeness (QED) is 0.692. The van der Waals surface area contributed by atoms with E-state index < -0.39 is 0 Å². The van der Waals surface area contributed by atoms with Gasteiger partial charge in [-0.05, 0) is 0 Å². The van der Waals surface area contributed by atoms with Crippen LogP contribution in [0.2, 0.25) is 0 Å². The Balaban J connectivity index is 2.33. The van der Waals surface area contributed by atoms with Crippen molar-refractivity contribution < 1.29 is 5.11 Å². The largest absolute Gasteiger partial charge is 0.394 e. The van der Waals surface area contributed by atoms with Gasteiger partial charge in [-0.15, -0.1) is 5.10 Å². The van der Waals surface area contributed by atoms with Gasteiger partial charge in [0.2, 0.25) is 0 Å². The monoisotopic (exact) mass is 208 g/mol. The fraction of sp³-hybridized carbons (Fsp3) is 0.375. The molecule has 80 valence electrons. The van der Waals surface area contributed by atoms with Crippen molar-refractivity contribution in [3.63, 3.8) is 0 Å². The molecular formula is C8H12N6O. The standard InChI is InChI=1S/C8H12N6O/c1-13-5-7(10-12-13)6-4-8(9)14(11-6)2-3-15/h4-5,15H,2-3,9H2,1H3. The molecule has 15 heavy (non-hydrogen) atoms. The van der Waals surface area contributed by atoms with Gasteiger partial charge < -0.3 is 10.8 Å². The second-order valence-electron chi connectivity index (χ2n) is 3.18. The predicted octanol–water partition coefficient (Wildman–Crippen LogP) is -0.747. The van der Waals surface area contributed by atoms with Crippen LogP contribution in [-0.4, -0.2) is 36.5 Å². The molecule has 0 unspecified atom stereocenters. The van der Waals surface area contributed by atoms with Crippen molar-refractivity contribution in [2.45, 2.75) is 6.54 Å². The van der Waals surface area contributed by atoms with E-state index in [0.29, 0.717) is 23.8 Å². The molecule has 0 aliphatic heterocycles. The summed E-state index contributed by atoms with van der Waals surface area (Å²) in [5.41, 5.74) is 7.03. The van der Waals surface area contributed by atoms with E-state index in [4.69, 9.17) is 10.8 Å². The van der Waals surface area contributed by atoms with Gasteiger partial charge in [0.05, 0.1) is 19.3 Å². The number of hydrogen-bond donors (Lipinski definition) is 2. The number of aromatic nitrogens is 5. The summed E-state index contributed by atoms with van der Waals surface area (Å²) in [6, 6.07) is 1.71. The molecule has 0 fully saturated rings. The van der Waals surface area contributed by atoms with Gasteiger partial charge in [-0.25, -0.2) is 4.68 Å². The van der Waals surface area contributed by atoms with Crippen LogP contribution in [0.15, 0.2) is 12.3 Å². The maximum Gasteiger partial charge on any atom is 0.133 e. The van der Waals surface area contributed by atoms with Crippen LogP contribution in [0.4, 0.5) is 5.82 Å². The molecule has 0 spiro atoms. The molecular weight excluding hydrogens is 196 g/mol. The smallest absolute Gasteiger partial charge is 0.133 e. The lowest BCUT2D eigenvalue weighted by Crippen LogP contribution is -2.07. The van der Waals surface area contributed by atoms with Crippen molar-refractivity contribution in [1.29, 1.82) is 0 Å². The zero-order chi connectivity index (χ0) is 10.8. The molecule has 0 aliphatic rings. The molecule has 2 aromatic heterocycles. The highest BCUT2D eigenvalue weighted by Crippen LogP contribution is 2.16. The molecule has 3 N–H and O–H groups in total. The molecule has 2 aromatic rings. The number of nitrogens with two attached hydrogens (primary N) is 1. The van der Waals surface area contributed by atoms with Crippen molar-refractivity contribution in [2.75, 3.05) is 12.3 Å². The maximum absolute atomic E-state index is 8.78. The van der Waals surface area contributed by atoms with Crippen LogP contribution in [0, 0.1) is 0 Å². The van der Waals surface area contributed by atoms with Crippen molar-refractivity contribution in [3.8, 4) is 11.4 Å². The summed E-state index contributed by atoms with van der Waals surface area (Å²) in [5, 5.41) is 20.7. The van der Waals surface area contributed by atoms with Gasteiger partial charge in [-0.2, -0.15) is 5.10 Å². The van der Waals surface area contributed by atoms with Crippen LogP contribution >= 0.6 is 0 Å². The zero-order valence-corrected chi connectivity index (χ0v) is 8.33. The fourth-order valence-corrected chi connectivity index (χ4v) is 1.29. The fourth-order valence-electron chi connectivity index (χ4n) is 1.29. The molecule has 0 aromatic carbocycles. The third-order valence-electron chi connectivity index (χ3n) is 1.99. The third-order valence-corrected chi connectivity index (χ3v) is 1.99. The van der Waals surface area contributed by atoms with Crippen LogP contribution in [0.1, 0.15) is 0 Å². The van der Waals surface area contributed by atoms with E-state index in [1.807, 2.05) is 0 Å². The minimum atomic E-state index is 0.00574. The number of nitrogens with zero attached hydrogens (tertiary/aromatic N) is 5. The first-order chi connectivity index (χ1) is 7.20. The van der Waals surface area contributed by atoms with Gasteiger partial charge in [0, 0.05) is 13.1 Å². The minimum Gasteiger partial charge on any atom is -0.394 e. The zero-order valence-electron chi connectivity index (χ0n) is 8.33. The normalized spacial score (nSPS) is 10.8. The summed E-state index contributed by atoms with van der Waals surface area (Å²) in [6.07, 6.45) is 1.76. The molecule has 7 heteroatoms. The Morgan fingerprint density at radius 1 is 1.47 bits per heavy atom. The van der Waals surface area contributed by atoms with E-state index in [0.717, 1.165) is 0 Å². The van der Waals surface area contributed by atoms with Crippen molar-refractivity contribution in [1.82, 2.24) is 24.8 Å². The first-order valence-electron chi connectivity index (χ1n) is 4.51. The molecule has 0 saturated carbocycles. The first kappa shape index (κ1) is 9.66. The number of hydrogen-bond acceptors (Lipinski definition) is 5. The van der Waals surface area contributed by atoms with Gasteiger partial charge >= 0.3 is 0 Å². The Kier molecular flexibility index (Phi) is 2.38. The van der Waals surface area contributed by atoms with Gasteiger partial charge in [-0.3, -0.25) is 4.68 Å². The lowest BCUT2D eigenvalue weighted by atomic mass is 10.3. The lowest BCUT2D eigenvalue weighted by Gasteiger charge is -1.98. The average molecular weight is 208 g/mol. The second-order valence-corrected chi connectivity index (χ2v) is 3.18. The van der Waals surface area contributed by atoms with Crippen LogP contribution in [0.3, 0.4) is 0 Å². The van der Waals surface area contributed by atoms with Gasteiger partial charge in [0.1, 0.15) is 17.2 Å². The summed E-state index contributed by atoms with van der Waals surface area (Å²) in [5.74, 6) is 0.504. The Labute approximate surface area is 86.1 Å². The van der Waals surface area contributed by atoms with Crippen LogP contribution in [0.5, 0.6) is 0 Å². The summed E-state index contributed by atoms with van der Waals surface area (Å²) in [7, 11) is 1.78. The Hall–Kier alpha value is -1.89. The number of aryl methyl sites for hydroxylation is 1. The Bertz CT molecular complexity index is 459. The van der Waals surface area contributed by atoms with E-state index in [1.165, 1.54) is 4.68 Å². The topological polar surface area (TPSA) is 94.8 Å². The van der Waals surface area contributed by atoms with Crippen LogP contribution < -0.4 is 5.73 Å². The SMILES string of the molecule is Cn1cc(-c2cc(N)n(CCO)n2)nn1. The molecule has 2 rings (SSSR count). The highest BCUT2D eigenvalue weighted by Gasteiger charge is 2.09.